The number of hydrogen-bond acceptors (Lipinski definition) is 2. The summed E-state index contributed by atoms with van der Waals surface area (Å²) in [7, 11) is 0. The Hall–Kier alpha value is -2.11. The number of alkyl halides is 3. The summed E-state index contributed by atoms with van der Waals surface area (Å²) in [6.07, 6.45) is -3.37. The molecule has 1 aromatic rings. The lowest BCUT2D eigenvalue weighted by atomic mass is 9.60. The lowest BCUT2D eigenvalue weighted by Gasteiger charge is -2.50. The van der Waals surface area contributed by atoms with Crippen LogP contribution in [0.3, 0.4) is 0 Å². The normalized spacial score (nSPS) is 29.0. The van der Waals surface area contributed by atoms with Crippen LogP contribution in [-0.2, 0) is 10.2 Å². The summed E-state index contributed by atoms with van der Waals surface area (Å²) in [5, 5.41) is 0. The maximum atomic E-state index is 12.9. The Labute approximate surface area is 131 Å². The minimum absolute atomic E-state index is 0.0788. The molecule has 2 aliphatic heterocycles. The maximum Gasteiger partial charge on any atom is 0.471 e. The summed E-state index contributed by atoms with van der Waals surface area (Å²) in [6.45, 7) is 4.26. The van der Waals surface area contributed by atoms with Gasteiger partial charge < -0.3 is 4.90 Å². The summed E-state index contributed by atoms with van der Waals surface area (Å²) < 4.78 is 38.7. The van der Waals surface area contributed by atoms with Gasteiger partial charge >= 0.3 is 12.1 Å². The van der Waals surface area contributed by atoms with Gasteiger partial charge in [0.25, 0.3) is 0 Å². The highest BCUT2D eigenvalue weighted by atomic mass is 19.4. The molecule has 2 heterocycles. The van der Waals surface area contributed by atoms with Crippen molar-refractivity contribution in [2.45, 2.75) is 36.9 Å². The summed E-state index contributed by atoms with van der Waals surface area (Å²) in [5.74, 6) is -1.76. The smallest absolute Gasteiger partial charge is 0.326 e. The number of nitrogens with zero attached hydrogens (tertiary/aromatic N) is 2. The third-order valence-corrected chi connectivity index (χ3v) is 5.29. The fraction of sp³-hybridized carbons (Fsp3) is 0.412. The van der Waals surface area contributed by atoms with Crippen LogP contribution in [0.15, 0.2) is 41.4 Å². The fourth-order valence-electron chi connectivity index (χ4n) is 4.28. The van der Waals surface area contributed by atoms with Gasteiger partial charge in [-0.3, -0.25) is 9.79 Å². The molecule has 1 amide bonds. The third-order valence-electron chi connectivity index (χ3n) is 5.29. The number of halogens is 3. The number of aliphatic imine (C=N–C) groups is 1. The second-order valence-electron chi connectivity index (χ2n) is 6.32. The molecular formula is C17H15F3N2O. The number of allylic oxidation sites excluding steroid dienone is 1. The number of para-hydroxylation sites is 1. The Morgan fingerprint density at radius 2 is 2.09 bits per heavy atom. The van der Waals surface area contributed by atoms with Crippen molar-refractivity contribution in [3.63, 3.8) is 0 Å². The van der Waals surface area contributed by atoms with Crippen molar-refractivity contribution >= 4 is 17.3 Å². The lowest BCUT2D eigenvalue weighted by Crippen LogP contribution is -2.62. The summed E-state index contributed by atoms with van der Waals surface area (Å²) in [5.41, 5.74) is 2.98. The number of likely N-dealkylation sites (tertiary alicyclic amines) is 1. The SMILES string of the molecule is C=C1CCC2C3=Nc4ccccc4C13CCN2C(=O)C(F)(F)F. The van der Waals surface area contributed by atoms with Crippen LogP contribution in [0.4, 0.5) is 18.9 Å². The van der Waals surface area contributed by atoms with Gasteiger partial charge in [0.15, 0.2) is 0 Å². The molecule has 2 bridgehead atoms. The molecule has 0 radical (unpaired) electrons. The molecule has 120 valence electrons. The van der Waals surface area contributed by atoms with Crippen molar-refractivity contribution in [2.24, 2.45) is 4.99 Å². The van der Waals surface area contributed by atoms with E-state index in [0.717, 1.165) is 21.7 Å². The van der Waals surface area contributed by atoms with E-state index in [1.54, 1.807) is 0 Å². The first kappa shape index (κ1) is 14.5. The van der Waals surface area contributed by atoms with Crippen molar-refractivity contribution in [3.05, 3.63) is 42.0 Å². The molecule has 0 N–H and O–H groups in total. The molecule has 2 fully saturated rings. The predicted octanol–water partition coefficient (Wildman–Crippen LogP) is 3.52. The minimum atomic E-state index is -4.85. The fourth-order valence-corrected chi connectivity index (χ4v) is 4.28. The highest BCUT2D eigenvalue weighted by Crippen LogP contribution is 2.54. The van der Waals surface area contributed by atoms with E-state index in [9.17, 15) is 18.0 Å². The zero-order valence-corrected chi connectivity index (χ0v) is 12.4. The predicted molar refractivity (Wildman–Crippen MR) is 79.8 cm³/mol. The molecule has 2 atom stereocenters. The van der Waals surface area contributed by atoms with Crippen molar-refractivity contribution in [2.75, 3.05) is 6.54 Å². The monoisotopic (exact) mass is 320 g/mol. The van der Waals surface area contributed by atoms with Crippen LogP contribution in [0.25, 0.3) is 0 Å². The number of amides is 1. The number of carbonyl (C=O) groups excluding carboxylic acids is 1. The summed E-state index contributed by atoms with van der Waals surface area (Å²) in [4.78, 5) is 17.3. The maximum absolute atomic E-state index is 12.9. The van der Waals surface area contributed by atoms with E-state index in [-0.39, 0.29) is 6.54 Å². The van der Waals surface area contributed by atoms with Gasteiger partial charge in [-0.25, -0.2) is 0 Å². The molecule has 6 heteroatoms. The van der Waals surface area contributed by atoms with Crippen molar-refractivity contribution in [1.29, 1.82) is 0 Å². The molecule has 2 unspecified atom stereocenters. The quantitative estimate of drug-likeness (QED) is 0.673. The molecular weight excluding hydrogens is 305 g/mol. The number of hydrogen-bond donors (Lipinski definition) is 0. The van der Waals surface area contributed by atoms with Crippen LogP contribution in [0.1, 0.15) is 24.8 Å². The van der Waals surface area contributed by atoms with E-state index < -0.39 is 23.5 Å². The molecule has 4 rings (SSSR count). The average Bonchev–Trinajstić information content (AvgIpc) is 2.86. The van der Waals surface area contributed by atoms with Crippen molar-refractivity contribution in [3.8, 4) is 0 Å². The Morgan fingerprint density at radius 3 is 2.83 bits per heavy atom. The zero-order valence-electron chi connectivity index (χ0n) is 12.4. The molecule has 0 spiro atoms. The number of piperidine rings is 1. The molecule has 1 aliphatic carbocycles. The van der Waals surface area contributed by atoms with Gasteiger partial charge in [-0.1, -0.05) is 30.4 Å². The van der Waals surface area contributed by atoms with Gasteiger partial charge in [-0.15, -0.1) is 0 Å². The third kappa shape index (κ3) is 1.77. The minimum Gasteiger partial charge on any atom is -0.326 e. The highest BCUT2D eigenvalue weighted by Gasteiger charge is 2.58. The Bertz CT molecular complexity index is 752. The van der Waals surface area contributed by atoms with Crippen molar-refractivity contribution < 1.29 is 18.0 Å². The van der Waals surface area contributed by atoms with Crippen LogP contribution in [0.2, 0.25) is 0 Å². The molecule has 1 saturated carbocycles. The van der Waals surface area contributed by atoms with Gasteiger partial charge in [0.05, 0.1) is 22.9 Å². The molecule has 1 aromatic carbocycles. The van der Waals surface area contributed by atoms with Gasteiger partial charge in [0, 0.05) is 6.54 Å². The van der Waals surface area contributed by atoms with Crippen LogP contribution < -0.4 is 0 Å². The first-order valence-electron chi connectivity index (χ1n) is 7.60. The first-order valence-corrected chi connectivity index (χ1v) is 7.60. The van der Waals surface area contributed by atoms with E-state index >= 15 is 0 Å². The van der Waals surface area contributed by atoms with Crippen molar-refractivity contribution in [1.82, 2.24) is 4.90 Å². The molecule has 3 nitrogen and oxygen atoms in total. The molecule has 3 aliphatic rings. The second kappa shape index (κ2) is 4.46. The lowest BCUT2D eigenvalue weighted by molar-refractivity contribution is -0.187. The van der Waals surface area contributed by atoms with E-state index in [4.69, 9.17) is 0 Å². The largest absolute Gasteiger partial charge is 0.471 e. The molecule has 1 saturated heterocycles. The summed E-state index contributed by atoms with van der Waals surface area (Å²) >= 11 is 0. The van der Waals surface area contributed by atoms with E-state index in [1.165, 1.54) is 0 Å². The average molecular weight is 320 g/mol. The van der Waals surface area contributed by atoms with Crippen LogP contribution >= 0.6 is 0 Å². The van der Waals surface area contributed by atoms with E-state index in [0.29, 0.717) is 25.0 Å². The number of fused-ring (bicyclic) bond motifs is 1. The van der Waals surface area contributed by atoms with Gasteiger partial charge in [-0.2, -0.15) is 13.2 Å². The van der Waals surface area contributed by atoms with Crippen LogP contribution in [0, 0.1) is 0 Å². The Balaban J connectivity index is 1.82. The molecule has 0 aromatic heterocycles. The van der Waals surface area contributed by atoms with Crippen LogP contribution in [-0.4, -0.2) is 35.3 Å². The topological polar surface area (TPSA) is 32.7 Å². The first-order chi connectivity index (χ1) is 10.9. The second-order valence-corrected chi connectivity index (χ2v) is 6.32. The number of benzene rings is 1. The van der Waals surface area contributed by atoms with E-state index in [1.807, 2.05) is 24.3 Å². The van der Waals surface area contributed by atoms with Gasteiger partial charge in [0.2, 0.25) is 0 Å². The molecule has 23 heavy (non-hydrogen) atoms. The standard InChI is InChI=1S/C17H15F3N2O/c1-10-6-7-13-14-16(10,11-4-2-3-5-12(11)21-14)8-9-22(13)15(23)17(18,19)20/h2-5,13H,1,6-9H2. The van der Waals surface area contributed by atoms with Gasteiger partial charge in [0.1, 0.15) is 0 Å². The Morgan fingerprint density at radius 1 is 1.35 bits per heavy atom. The number of carbonyl (C=O) groups is 1. The number of rotatable bonds is 0. The summed E-state index contributed by atoms with van der Waals surface area (Å²) in [6, 6.07) is 7.03. The highest BCUT2D eigenvalue weighted by molar-refractivity contribution is 6.10. The van der Waals surface area contributed by atoms with E-state index in [2.05, 4.69) is 11.6 Å². The van der Waals surface area contributed by atoms with Gasteiger partial charge in [-0.05, 0) is 30.9 Å². The Kier molecular flexibility index (Phi) is 2.81. The zero-order chi connectivity index (χ0) is 16.4. The van der Waals surface area contributed by atoms with Crippen LogP contribution in [0.5, 0.6) is 0 Å².